The number of aryl methyl sites for hydroxylation is 1. The second kappa shape index (κ2) is 6.79. The van der Waals surface area contributed by atoms with Crippen LogP contribution < -0.4 is 14.8 Å². The van der Waals surface area contributed by atoms with Crippen LogP contribution in [-0.2, 0) is 24.2 Å². The van der Waals surface area contributed by atoms with Gasteiger partial charge >= 0.3 is 0 Å². The Kier molecular flexibility index (Phi) is 4.58. The maximum absolute atomic E-state index is 12.0. The number of thiazole rings is 1. The molecule has 0 unspecified atom stereocenters. The van der Waals surface area contributed by atoms with Crippen LogP contribution in [0.2, 0.25) is 0 Å². The van der Waals surface area contributed by atoms with Crippen molar-refractivity contribution in [3.05, 3.63) is 39.8 Å². The molecule has 1 aliphatic rings. The van der Waals surface area contributed by atoms with Crippen LogP contribution in [0.4, 0.5) is 0 Å². The first kappa shape index (κ1) is 14.8. The summed E-state index contributed by atoms with van der Waals surface area (Å²) in [6, 6.07) is 5.57. The number of hydrogen-bond acceptors (Lipinski definition) is 5. The summed E-state index contributed by atoms with van der Waals surface area (Å²) in [5.41, 5.74) is 1.83. The lowest BCUT2D eigenvalue weighted by Gasteiger charge is -2.04. The molecule has 0 fully saturated rings. The predicted molar refractivity (Wildman–Crippen MR) is 84.2 cm³/mol. The third-order valence-corrected chi connectivity index (χ3v) is 4.29. The highest BCUT2D eigenvalue weighted by Gasteiger charge is 2.14. The van der Waals surface area contributed by atoms with E-state index >= 15 is 0 Å². The Hall–Kier alpha value is -2.08. The number of benzene rings is 1. The van der Waals surface area contributed by atoms with Crippen LogP contribution in [0.25, 0.3) is 0 Å². The van der Waals surface area contributed by atoms with Crippen LogP contribution in [-0.4, -0.2) is 17.7 Å². The van der Waals surface area contributed by atoms with Crippen molar-refractivity contribution in [1.82, 2.24) is 10.3 Å². The number of hydrogen-bond donors (Lipinski definition) is 1. The smallest absolute Gasteiger partial charge is 0.231 e. The summed E-state index contributed by atoms with van der Waals surface area (Å²) in [5.74, 6) is 1.41. The first-order valence-electron chi connectivity index (χ1n) is 7.33. The highest BCUT2D eigenvalue weighted by molar-refractivity contribution is 7.09. The van der Waals surface area contributed by atoms with E-state index in [1.54, 1.807) is 11.3 Å². The van der Waals surface area contributed by atoms with E-state index < -0.39 is 0 Å². The number of fused-ring (bicyclic) bond motifs is 1. The van der Waals surface area contributed by atoms with Crippen molar-refractivity contribution in [2.24, 2.45) is 0 Å². The number of aromatic nitrogens is 1. The van der Waals surface area contributed by atoms with E-state index in [1.807, 2.05) is 23.6 Å². The molecule has 0 atom stereocenters. The van der Waals surface area contributed by atoms with Crippen LogP contribution >= 0.6 is 11.3 Å². The van der Waals surface area contributed by atoms with Gasteiger partial charge in [0.05, 0.1) is 23.7 Å². The molecule has 1 aromatic heterocycles. The number of carbonyl (C=O) groups excluding carboxylic acids is 1. The van der Waals surface area contributed by atoms with E-state index in [0.29, 0.717) is 18.7 Å². The fourth-order valence-corrected chi connectivity index (χ4v) is 3.15. The summed E-state index contributed by atoms with van der Waals surface area (Å²) in [4.78, 5) is 16.5. The standard InChI is InChI=1S/C16H18N2O3S/c1-2-3-16-18-12(9-22-16)8-17-15(19)7-11-4-5-13-14(6-11)21-10-20-13/h4-6,9H,2-3,7-8,10H2,1H3,(H,17,19). The molecule has 1 aliphatic heterocycles. The van der Waals surface area contributed by atoms with Gasteiger partial charge < -0.3 is 14.8 Å². The maximum Gasteiger partial charge on any atom is 0.231 e. The Morgan fingerprint density at radius 3 is 3.09 bits per heavy atom. The Labute approximate surface area is 133 Å². The minimum atomic E-state index is -0.0242. The summed E-state index contributed by atoms with van der Waals surface area (Å²) in [7, 11) is 0. The van der Waals surface area contributed by atoms with E-state index in [-0.39, 0.29) is 12.7 Å². The van der Waals surface area contributed by atoms with Gasteiger partial charge in [-0.15, -0.1) is 11.3 Å². The van der Waals surface area contributed by atoms with Crippen LogP contribution in [0.3, 0.4) is 0 Å². The molecule has 0 aliphatic carbocycles. The van der Waals surface area contributed by atoms with Crippen molar-refractivity contribution < 1.29 is 14.3 Å². The molecular weight excluding hydrogens is 300 g/mol. The van der Waals surface area contributed by atoms with Crippen molar-refractivity contribution in [3.63, 3.8) is 0 Å². The Bertz CT molecular complexity index is 669. The number of rotatable bonds is 6. The lowest BCUT2D eigenvalue weighted by atomic mass is 10.1. The second-order valence-corrected chi connectivity index (χ2v) is 6.07. The molecule has 5 nitrogen and oxygen atoms in total. The van der Waals surface area contributed by atoms with Gasteiger partial charge in [-0.2, -0.15) is 0 Å². The van der Waals surface area contributed by atoms with Gasteiger partial charge in [-0.1, -0.05) is 13.0 Å². The van der Waals surface area contributed by atoms with Crippen molar-refractivity contribution in [2.45, 2.75) is 32.7 Å². The topological polar surface area (TPSA) is 60.5 Å². The first-order chi connectivity index (χ1) is 10.7. The molecule has 1 aromatic carbocycles. The highest BCUT2D eigenvalue weighted by atomic mass is 32.1. The molecule has 0 bridgehead atoms. The zero-order valence-electron chi connectivity index (χ0n) is 12.4. The van der Waals surface area contributed by atoms with Gasteiger partial charge in [0.2, 0.25) is 12.7 Å². The Morgan fingerprint density at radius 1 is 1.36 bits per heavy atom. The molecule has 22 heavy (non-hydrogen) atoms. The zero-order chi connectivity index (χ0) is 15.4. The minimum absolute atomic E-state index is 0.0242. The van der Waals surface area contributed by atoms with Gasteiger partial charge in [0.15, 0.2) is 11.5 Å². The number of ether oxygens (including phenoxy) is 2. The second-order valence-electron chi connectivity index (χ2n) is 5.12. The van der Waals surface area contributed by atoms with Gasteiger partial charge in [-0.25, -0.2) is 4.98 Å². The number of nitrogens with one attached hydrogen (secondary N) is 1. The summed E-state index contributed by atoms with van der Waals surface area (Å²) < 4.78 is 10.6. The molecule has 0 radical (unpaired) electrons. The normalized spacial score (nSPS) is 12.4. The monoisotopic (exact) mass is 318 g/mol. The fraction of sp³-hybridized carbons (Fsp3) is 0.375. The van der Waals surface area contributed by atoms with Crippen LogP contribution in [0, 0.1) is 0 Å². The Balaban J connectivity index is 1.51. The van der Waals surface area contributed by atoms with Crippen LogP contribution in [0.1, 0.15) is 29.6 Å². The average molecular weight is 318 g/mol. The van der Waals surface area contributed by atoms with Crippen molar-refractivity contribution in [2.75, 3.05) is 6.79 Å². The van der Waals surface area contributed by atoms with Gasteiger partial charge in [0.1, 0.15) is 0 Å². The quantitative estimate of drug-likeness (QED) is 0.889. The van der Waals surface area contributed by atoms with E-state index in [0.717, 1.165) is 34.9 Å². The fourth-order valence-electron chi connectivity index (χ4n) is 2.25. The van der Waals surface area contributed by atoms with Crippen molar-refractivity contribution in [3.8, 4) is 11.5 Å². The van der Waals surface area contributed by atoms with Crippen molar-refractivity contribution in [1.29, 1.82) is 0 Å². The molecule has 0 saturated carbocycles. The minimum Gasteiger partial charge on any atom is -0.454 e. The number of amides is 1. The third kappa shape index (κ3) is 3.57. The van der Waals surface area contributed by atoms with Crippen molar-refractivity contribution >= 4 is 17.2 Å². The summed E-state index contributed by atoms with van der Waals surface area (Å²) in [6.45, 7) is 2.85. The zero-order valence-corrected chi connectivity index (χ0v) is 13.2. The van der Waals surface area contributed by atoms with Gasteiger partial charge in [-0.05, 0) is 30.5 Å². The molecule has 1 amide bonds. The molecule has 0 saturated heterocycles. The predicted octanol–water partition coefficient (Wildman–Crippen LogP) is 2.68. The van der Waals surface area contributed by atoms with E-state index in [9.17, 15) is 4.79 Å². The molecule has 0 spiro atoms. The van der Waals surface area contributed by atoms with Gasteiger partial charge in [-0.3, -0.25) is 4.79 Å². The SMILES string of the molecule is CCCc1nc(CNC(=O)Cc2ccc3c(c2)OCO3)cs1. The summed E-state index contributed by atoms with van der Waals surface area (Å²) in [6.07, 6.45) is 2.40. The van der Waals surface area contributed by atoms with Crippen LogP contribution in [0.5, 0.6) is 11.5 Å². The molecule has 1 N–H and O–H groups in total. The lowest BCUT2D eigenvalue weighted by Crippen LogP contribution is -2.24. The molecule has 2 aromatic rings. The van der Waals surface area contributed by atoms with E-state index in [2.05, 4.69) is 17.2 Å². The van der Waals surface area contributed by atoms with Crippen LogP contribution in [0.15, 0.2) is 23.6 Å². The van der Waals surface area contributed by atoms with E-state index in [1.165, 1.54) is 0 Å². The molecule has 2 heterocycles. The maximum atomic E-state index is 12.0. The third-order valence-electron chi connectivity index (χ3n) is 3.33. The Morgan fingerprint density at radius 2 is 2.23 bits per heavy atom. The molecule has 6 heteroatoms. The molecule has 116 valence electrons. The molecule has 3 rings (SSSR count). The van der Waals surface area contributed by atoms with Gasteiger partial charge in [0.25, 0.3) is 0 Å². The number of carbonyl (C=O) groups is 1. The average Bonchev–Trinajstić information content (AvgIpc) is 3.14. The number of nitrogens with zero attached hydrogens (tertiary/aromatic N) is 1. The summed E-state index contributed by atoms with van der Waals surface area (Å²) in [5, 5.41) is 6.04. The molecular formula is C16H18N2O3S. The van der Waals surface area contributed by atoms with E-state index in [4.69, 9.17) is 9.47 Å². The lowest BCUT2D eigenvalue weighted by molar-refractivity contribution is -0.120. The first-order valence-corrected chi connectivity index (χ1v) is 8.21. The van der Waals surface area contributed by atoms with Gasteiger partial charge in [0, 0.05) is 5.38 Å². The highest BCUT2D eigenvalue weighted by Crippen LogP contribution is 2.32. The largest absolute Gasteiger partial charge is 0.454 e. The summed E-state index contributed by atoms with van der Waals surface area (Å²) >= 11 is 1.65.